The zero-order valence-electron chi connectivity index (χ0n) is 18.5. The third-order valence-corrected chi connectivity index (χ3v) is 8.03. The van der Waals surface area contributed by atoms with Gasteiger partial charge in [0.1, 0.15) is 6.73 Å². The van der Waals surface area contributed by atoms with E-state index in [-0.39, 0.29) is 0 Å². The van der Waals surface area contributed by atoms with Crippen LogP contribution in [-0.2, 0) is 37.2 Å². The van der Waals surface area contributed by atoms with E-state index in [1.165, 1.54) is 17.4 Å². The van der Waals surface area contributed by atoms with Gasteiger partial charge in [-0.15, -0.1) is 0 Å². The number of hydrogen-bond donors (Lipinski definition) is 1. The summed E-state index contributed by atoms with van der Waals surface area (Å²) in [7, 11) is -0.994. The number of nitrogens with one attached hydrogen (secondary N) is 1. The van der Waals surface area contributed by atoms with Crippen molar-refractivity contribution in [3.05, 3.63) is 31.7 Å². The molecule has 28 heavy (non-hydrogen) atoms. The van der Waals surface area contributed by atoms with E-state index in [0.717, 1.165) is 52.6 Å². The maximum atomic E-state index is 5.77. The Morgan fingerprint density at radius 1 is 0.929 bits per heavy atom. The van der Waals surface area contributed by atoms with Crippen molar-refractivity contribution in [3.8, 4) is 0 Å². The number of nitrogens with zero attached hydrogens (tertiary/aromatic N) is 3. The van der Waals surface area contributed by atoms with E-state index in [4.69, 9.17) is 4.74 Å². The summed E-state index contributed by atoms with van der Waals surface area (Å²) in [5.41, 5.74) is 4.68. The van der Waals surface area contributed by atoms with Crippen molar-refractivity contribution in [3.63, 3.8) is 0 Å². The van der Waals surface area contributed by atoms with Crippen LogP contribution in [0.25, 0.3) is 0 Å². The molecular weight excluding hydrogens is 500 g/mol. The number of halogens is 2. The van der Waals surface area contributed by atoms with Crippen molar-refractivity contribution in [1.29, 1.82) is 0 Å². The molecule has 0 spiro atoms. The lowest BCUT2D eigenvalue weighted by Gasteiger charge is -2.15. The van der Waals surface area contributed by atoms with Gasteiger partial charge in [0.15, 0.2) is 0 Å². The lowest BCUT2D eigenvalue weighted by Crippen LogP contribution is -2.22. The minimum Gasteiger partial charge on any atom is -0.360 e. The predicted octanol–water partition coefficient (Wildman–Crippen LogP) is 6.38. The standard InChI is InChI=1S/C13H25BrN2OSi.C7H11BrN2/c1-6-11-13(14)12(7-2)16(15-11)10-17-8-9-18(3,4)5;1-3-5-7(8)6(4-2)10-9-5/h6-10H2,1-5H3;3-4H2,1-2H3,(H,9,10). The third kappa shape index (κ3) is 7.76. The fraction of sp³-hybridized carbons (Fsp3) is 0.700. The molecular formula is C20H36Br2N4OSi. The second-order valence-electron chi connectivity index (χ2n) is 7.93. The molecule has 8 heteroatoms. The molecule has 0 aliphatic rings. The van der Waals surface area contributed by atoms with Crippen molar-refractivity contribution in [1.82, 2.24) is 20.0 Å². The Balaban J connectivity index is 0.000000330. The summed E-state index contributed by atoms with van der Waals surface area (Å²) in [6.45, 7) is 17.0. The number of H-pyrrole nitrogens is 1. The van der Waals surface area contributed by atoms with Gasteiger partial charge in [0, 0.05) is 20.4 Å². The fourth-order valence-corrected chi connectivity index (χ4v) is 4.94. The van der Waals surface area contributed by atoms with Crippen molar-refractivity contribution >= 4 is 39.9 Å². The molecule has 0 unspecified atom stereocenters. The molecule has 0 amide bonds. The Morgan fingerprint density at radius 3 is 2.00 bits per heavy atom. The van der Waals surface area contributed by atoms with Gasteiger partial charge in [-0.25, -0.2) is 4.68 Å². The first kappa shape index (κ1) is 25.6. The average Bonchev–Trinajstić information content (AvgIpc) is 3.17. The van der Waals surface area contributed by atoms with Gasteiger partial charge in [0.05, 0.1) is 26.0 Å². The zero-order chi connectivity index (χ0) is 21.3. The molecule has 0 radical (unpaired) electrons. The minimum atomic E-state index is -0.994. The molecule has 0 bridgehead atoms. The van der Waals surface area contributed by atoms with Crippen LogP contribution >= 0.6 is 31.9 Å². The third-order valence-electron chi connectivity index (χ3n) is 4.47. The van der Waals surface area contributed by atoms with E-state index in [9.17, 15) is 0 Å². The molecule has 0 fully saturated rings. The van der Waals surface area contributed by atoms with Crippen molar-refractivity contribution < 1.29 is 4.74 Å². The molecule has 0 aromatic carbocycles. The van der Waals surface area contributed by atoms with Gasteiger partial charge in [-0.3, -0.25) is 5.10 Å². The summed E-state index contributed by atoms with van der Waals surface area (Å²) in [6, 6.07) is 1.21. The second-order valence-corrected chi connectivity index (χ2v) is 15.1. The Morgan fingerprint density at radius 2 is 1.57 bits per heavy atom. The van der Waals surface area contributed by atoms with Gasteiger partial charge in [-0.2, -0.15) is 10.2 Å². The van der Waals surface area contributed by atoms with Crippen LogP contribution in [0.2, 0.25) is 25.7 Å². The summed E-state index contributed by atoms with van der Waals surface area (Å²) in [4.78, 5) is 0. The van der Waals surface area contributed by atoms with Crippen molar-refractivity contribution in [2.75, 3.05) is 6.61 Å². The number of aryl methyl sites for hydroxylation is 3. The molecule has 1 N–H and O–H groups in total. The second kappa shape index (κ2) is 12.3. The van der Waals surface area contributed by atoms with Crippen LogP contribution in [0.5, 0.6) is 0 Å². The highest BCUT2D eigenvalue weighted by Gasteiger charge is 2.14. The molecule has 2 aromatic heterocycles. The van der Waals surface area contributed by atoms with Crippen LogP contribution in [0, 0.1) is 0 Å². The van der Waals surface area contributed by atoms with Crippen LogP contribution in [0.1, 0.15) is 50.5 Å². The van der Waals surface area contributed by atoms with Gasteiger partial charge in [0.2, 0.25) is 0 Å². The van der Waals surface area contributed by atoms with E-state index in [2.05, 4.69) is 94.5 Å². The lowest BCUT2D eigenvalue weighted by molar-refractivity contribution is 0.0763. The summed E-state index contributed by atoms with van der Waals surface area (Å²) >= 11 is 7.11. The Kier molecular flexibility index (Phi) is 11.2. The van der Waals surface area contributed by atoms with E-state index >= 15 is 0 Å². The summed E-state index contributed by atoms with van der Waals surface area (Å²) < 4.78 is 10.1. The van der Waals surface area contributed by atoms with Crippen molar-refractivity contribution in [2.24, 2.45) is 0 Å². The van der Waals surface area contributed by atoms with Gasteiger partial charge >= 0.3 is 0 Å². The molecule has 0 aliphatic carbocycles. The smallest absolute Gasteiger partial charge is 0.139 e. The molecule has 160 valence electrons. The highest BCUT2D eigenvalue weighted by Crippen LogP contribution is 2.23. The largest absolute Gasteiger partial charge is 0.360 e. The first-order chi connectivity index (χ1) is 13.2. The molecule has 0 aliphatic heterocycles. The predicted molar refractivity (Wildman–Crippen MR) is 128 cm³/mol. The zero-order valence-corrected chi connectivity index (χ0v) is 22.6. The minimum absolute atomic E-state index is 0.576. The highest BCUT2D eigenvalue weighted by atomic mass is 79.9. The van der Waals surface area contributed by atoms with Crippen LogP contribution < -0.4 is 0 Å². The summed E-state index contributed by atoms with van der Waals surface area (Å²) in [5.74, 6) is 0. The van der Waals surface area contributed by atoms with E-state index in [1.54, 1.807) is 0 Å². The first-order valence-corrected chi connectivity index (χ1v) is 15.5. The van der Waals surface area contributed by atoms with Crippen molar-refractivity contribution in [2.45, 2.75) is 85.8 Å². The highest BCUT2D eigenvalue weighted by molar-refractivity contribution is 9.10. The molecule has 0 atom stereocenters. The van der Waals surface area contributed by atoms with Crippen LogP contribution in [0.4, 0.5) is 0 Å². The van der Waals surface area contributed by atoms with Gasteiger partial charge in [-0.1, -0.05) is 47.3 Å². The summed E-state index contributed by atoms with van der Waals surface area (Å²) in [6.07, 6.45) is 3.92. The fourth-order valence-electron chi connectivity index (χ4n) is 2.61. The number of hydrogen-bond acceptors (Lipinski definition) is 3. The molecule has 5 nitrogen and oxygen atoms in total. The van der Waals surface area contributed by atoms with Gasteiger partial charge in [-0.05, 0) is 63.6 Å². The normalized spacial score (nSPS) is 11.5. The maximum Gasteiger partial charge on any atom is 0.139 e. The van der Waals surface area contributed by atoms with Crippen LogP contribution in [-0.4, -0.2) is 34.7 Å². The average molecular weight is 536 g/mol. The number of aromatic nitrogens is 4. The Hall–Kier alpha value is -0.443. The monoisotopic (exact) mass is 534 g/mol. The SMILES string of the molecule is CCc1n[nH]c(CC)c1Br.CCc1nn(COCC[Si](C)(C)C)c(CC)c1Br. The molecule has 0 saturated carbocycles. The molecule has 2 rings (SSSR count). The van der Waals surface area contributed by atoms with E-state index in [1.807, 2.05) is 4.68 Å². The number of rotatable bonds is 9. The molecule has 2 heterocycles. The van der Waals surface area contributed by atoms with Crippen LogP contribution in [0.3, 0.4) is 0 Å². The number of ether oxygens (including phenoxy) is 1. The molecule has 2 aromatic rings. The van der Waals surface area contributed by atoms with Gasteiger partial charge < -0.3 is 4.74 Å². The Bertz CT molecular complexity index is 701. The number of aromatic amines is 1. The maximum absolute atomic E-state index is 5.77. The van der Waals surface area contributed by atoms with Crippen LogP contribution in [0.15, 0.2) is 8.95 Å². The van der Waals surface area contributed by atoms with E-state index in [0.29, 0.717) is 6.73 Å². The summed E-state index contributed by atoms with van der Waals surface area (Å²) in [5, 5.41) is 11.7. The van der Waals surface area contributed by atoms with Gasteiger partial charge in [0.25, 0.3) is 0 Å². The topological polar surface area (TPSA) is 55.7 Å². The quantitative estimate of drug-likeness (QED) is 0.299. The first-order valence-electron chi connectivity index (χ1n) is 10.2. The Labute approximate surface area is 188 Å². The van der Waals surface area contributed by atoms with E-state index < -0.39 is 8.07 Å². The molecule has 0 saturated heterocycles. The lowest BCUT2D eigenvalue weighted by atomic mass is 10.3.